The van der Waals surface area contributed by atoms with Gasteiger partial charge in [-0.2, -0.15) is 0 Å². The molecule has 1 aromatic rings. The Labute approximate surface area is 238 Å². The lowest BCUT2D eigenvalue weighted by Crippen LogP contribution is -2.65. The van der Waals surface area contributed by atoms with Gasteiger partial charge in [0.05, 0.1) is 17.9 Å². The molecule has 224 valence electrons. The average Bonchev–Trinajstić information content (AvgIpc) is 2.83. The molecular weight excluding hydrogens is 556 g/mol. The number of sulfonamides is 1. The molecule has 3 aliphatic rings. The summed E-state index contributed by atoms with van der Waals surface area (Å²) in [6.45, 7) is 0.119. The van der Waals surface area contributed by atoms with Crippen LogP contribution in [-0.4, -0.2) is 104 Å². The van der Waals surface area contributed by atoms with Gasteiger partial charge in [-0.1, -0.05) is 0 Å². The van der Waals surface area contributed by atoms with Crippen LogP contribution in [0, 0.1) is 11.8 Å². The van der Waals surface area contributed by atoms with Gasteiger partial charge < -0.3 is 31.1 Å². The standard InChI is InChI=1S/C27H36N4O9S/c1-30(2)16-11-12(7-6-8-29-41(5,39)40)21(32)18-14(16)9-13-10-15-20(31(3)4)23(34)19(26(28)37)25(36)27(15,38)24(35)17(13)22(18)33/h11,13,15,20,29,32-33,36,38H,6-10H2,1-5H3,(H2,28,37)/t13-,15-,20-,27-/m1/s1. The van der Waals surface area contributed by atoms with Crippen molar-refractivity contribution in [2.75, 3.05) is 45.9 Å². The molecule has 3 aliphatic carbocycles. The number of rotatable bonds is 8. The summed E-state index contributed by atoms with van der Waals surface area (Å²) < 4.78 is 25.2. The molecule has 0 saturated heterocycles. The maximum absolute atomic E-state index is 14.0. The van der Waals surface area contributed by atoms with Crippen molar-refractivity contribution < 1.29 is 43.2 Å². The third kappa shape index (κ3) is 4.88. The summed E-state index contributed by atoms with van der Waals surface area (Å²) in [4.78, 5) is 42.6. The number of aliphatic hydroxyl groups is 3. The number of nitrogens with zero attached hydrogens (tertiary/aromatic N) is 2. The number of ketones is 2. The fraction of sp³-hybridized carbons (Fsp3) is 0.519. The maximum Gasteiger partial charge on any atom is 0.255 e. The minimum Gasteiger partial charge on any atom is -0.508 e. The number of fused-ring (bicyclic) bond motifs is 3. The molecule has 0 heterocycles. The zero-order valence-electron chi connectivity index (χ0n) is 23.6. The van der Waals surface area contributed by atoms with Crippen LogP contribution in [0.25, 0.3) is 5.76 Å². The van der Waals surface area contributed by atoms with E-state index in [0.717, 1.165) is 6.26 Å². The van der Waals surface area contributed by atoms with Crippen molar-refractivity contribution in [1.82, 2.24) is 9.62 Å². The molecule has 0 radical (unpaired) electrons. The number of Topliss-reactive ketones (excluding diaryl/α,β-unsaturated/α-hetero) is 2. The van der Waals surface area contributed by atoms with Crippen molar-refractivity contribution >= 4 is 38.9 Å². The number of carbonyl (C=O) groups excluding carboxylic acids is 3. The molecule has 1 amide bonds. The molecule has 14 heteroatoms. The number of amides is 1. The predicted molar refractivity (Wildman–Crippen MR) is 150 cm³/mol. The number of anilines is 1. The van der Waals surface area contributed by atoms with E-state index in [4.69, 9.17) is 5.73 Å². The fourth-order valence-electron chi connectivity index (χ4n) is 6.47. The van der Waals surface area contributed by atoms with E-state index in [0.29, 0.717) is 23.2 Å². The molecule has 4 rings (SSSR count). The second-order valence-corrected chi connectivity index (χ2v) is 13.2. The number of aromatic hydroxyl groups is 1. The number of phenolic OH excluding ortho intramolecular Hbond substituents is 1. The number of phenols is 1. The SMILES string of the molecule is CN(C)c1cc(CCCNS(C)(=O)=O)c(O)c2c1C[C@@H]1C[C@@H]3[C@@H](N(C)C)C(=O)C(C(N)=O)=C(O)[C@]3(O)C(=O)C1=C2O. The smallest absolute Gasteiger partial charge is 0.255 e. The lowest BCUT2D eigenvalue weighted by atomic mass is 9.57. The Hall–Kier alpha value is -3.46. The van der Waals surface area contributed by atoms with Gasteiger partial charge in [0.2, 0.25) is 15.8 Å². The van der Waals surface area contributed by atoms with E-state index in [2.05, 4.69) is 4.72 Å². The largest absolute Gasteiger partial charge is 0.508 e. The van der Waals surface area contributed by atoms with E-state index in [1.165, 1.54) is 4.90 Å². The Morgan fingerprint density at radius 3 is 2.34 bits per heavy atom. The van der Waals surface area contributed by atoms with Gasteiger partial charge >= 0.3 is 0 Å². The number of nitrogens with one attached hydrogen (secondary N) is 1. The van der Waals surface area contributed by atoms with Crippen LogP contribution in [0.3, 0.4) is 0 Å². The number of likely N-dealkylation sites (N-methyl/N-ethyl adjacent to an activating group) is 1. The Morgan fingerprint density at radius 2 is 1.80 bits per heavy atom. The van der Waals surface area contributed by atoms with Gasteiger partial charge in [-0.3, -0.25) is 19.3 Å². The third-order valence-corrected chi connectivity index (χ3v) is 8.97. The number of benzene rings is 1. The summed E-state index contributed by atoms with van der Waals surface area (Å²) in [5.74, 6) is -7.02. The first kappa shape index (κ1) is 30.5. The first-order valence-electron chi connectivity index (χ1n) is 13.1. The molecule has 13 nitrogen and oxygen atoms in total. The average molecular weight is 593 g/mol. The van der Waals surface area contributed by atoms with Crippen LogP contribution in [0.1, 0.15) is 29.5 Å². The van der Waals surface area contributed by atoms with E-state index in [-0.39, 0.29) is 42.7 Å². The first-order chi connectivity index (χ1) is 18.9. The lowest BCUT2D eigenvalue weighted by molar-refractivity contribution is -0.153. The van der Waals surface area contributed by atoms with Crippen LogP contribution in [0.15, 0.2) is 23.0 Å². The minimum atomic E-state index is -3.40. The number of carbonyl (C=O) groups is 3. The number of primary amides is 1. The number of aliphatic hydroxyl groups excluding tert-OH is 2. The Kier molecular flexibility index (Phi) is 7.75. The van der Waals surface area contributed by atoms with Gasteiger partial charge in [-0.05, 0) is 62.9 Å². The van der Waals surface area contributed by atoms with Crippen molar-refractivity contribution in [3.8, 4) is 5.75 Å². The molecule has 1 fully saturated rings. The zero-order chi connectivity index (χ0) is 30.8. The van der Waals surface area contributed by atoms with E-state index < -0.39 is 68.1 Å². The monoisotopic (exact) mass is 592 g/mol. The highest BCUT2D eigenvalue weighted by Crippen LogP contribution is 2.54. The Balaban J connectivity index is 1.88. The second kappa shape index (κ2) is 10.4. The number of hydrogen-bond acceptors (Lipinski definition) is 11. The highest BCUT2D eigenvalue weighted by Gasteiger charge is 2.64. The summed E-state index contributed by atoms with van der Waals surface area (Å²) >= 11 is 0. The molecule has 0 unspecified atom stereocenters. The summed E-state index contributed by atoms with van der Waals surface area (Å²) in [6.07, 6.45) is 1.79. The molecule has 7 N–H and O–H groups in total. The quantitative estimate of drug-likeness (QED) is 0.167. The van der Waals surface area contributed by atoms with Crippen LogP contribution < -0.4 is 15.4 Å². The summed E-state index contributed by atoms with van der Waals surface area (Å²) in [6, 6.07) is 0.589. The van der Waals surface area contributed by atoms with Crippen LogP contribution >= 0.6 is 0 Å². The normalized spacial score (nSPS) is 26.2. The lowest BCUT2D eigenvalue weighted by Gasteiger charge is -2.50. The van der Waals surface area contributed by atoms with E-state index >= 15 is 0 Å². The molecule has 0 aliphatic heterocycles. The number of hydrogen-bond donors (Lipinski definition) is 6. The molecule has 0 spiro atoms. The molecule has 1 saturated carbocycles. The summed E-state index contributed by atoms with van der Waals surface area (Å²) in [7, 11) is 3.24. The van der Waals surface area contributed by atoms with Gasteiger partial charge in [0.25, 0.3) is 5.91 Å². The van der Waals surface area contributed by atoms with E-state index in [1.54, 1.807) is 39.2 Å². The van der Waals surface area contributed by atoms with Crippen LogP contribution in [0.5, 0.6) is 5.75 Å². The van der Waals surface area contributed by atoms with Crippen molar-refractivity contribution in [3.63, 3.8) is 0 Å². The second-order valence-electron chi connectivity index (χ2n) is 11.4. The molecule has 0 aromatic heterocycles. The van der Waals surface area contributed by atoms with Gasteiger partial charge in [-0.15, -0.1) is 0 Å². The van der Waals surface area contributed by atoms with Gasteiger partial charge in [0.15, 0.2) is 11.4 Å². The molecular formula is C27H36N4O9S. The highest BCUT2D eigenvalue weighted by atomic mass is 32.2. The molecule has 1 aromatic carbocycles. The molecule has 41 heavy (non-hydrogen) atoms. The molecule has 4 atom stereocenters. The van der Waals surface area contributed by atoms with Crippen LogP contribution in [0.4, 0.5) is 5.69 Å². The first-order valence-corrected chi connectivity index (χ1v) is 15.0. The van der Waals surface area contributed by atoms with Gasteiger partial charge in [0.1, 0.15) is 22.8 Å². The predicted octanol–water partition coefficient (Wildman–Crippen LogP) is -0.488. The minimum absolute atomic E-state index is 0.00133. The zero-order valence-corrected chi connectivity index (χ0v) is 24.4. The van der Waals surface area contributed by atoms with Crippen molar-refractivity contribution in [2.45, 2.75) is 37.3 Å². The third-order valence-electron chi connectivity index (χ3n) is 8.25. The number of aryl methyl sites for hydroxylation is 1. The Morgan fingerprint density at radius 1 is 1.17 bits per heavy atom. The van der Waals surface area contributed by atoms with Crippen molar-refractivity contribution in [3.05, 3.63) is 39.7 Å². The topological polar surface area (TPSA) is 211 Å². The maximum atomic E-state index is 14.0. The number of nitrogens with two attached hydrogens (primary N) is 1. The summed E-state index contributed by atoms with van der Waals surface area (Å²) in [5.41, 5.74) is 3.17. The van der Waals surface area contributed by atoms with Gasteiger partial charge in [0, 0.05) is 37.8 Å². The van der Waals surface area contributed by atoms with Crippen molar-refractivity contribution in [2.24, 2.45) is 17.6 Å². The van der Waals surface area contributed by atoms with E-state index in [1.807, 2.05) is 0 Å². The fourth-order valence-corrected chi connectivity index (χ4v) is 6.99. The van der Waals surface area contributed by atoms with Crippen LogP contribution in [-0.2, 0) is 37.2 Å². The molecule has 0 bridgehead atoms. The van der Waals surface area contributed by atoms with E-state index in [9.17, 15) is 43.2 Å². The van der Waals surface area contributed by atoms with Crippen LogP contribution in [0.2, 0.25) is 0 Å². The highest BCUT2D eigenvalue weighted by molar-refractivity contribution is 7.88. The summed E-state index contributed by atoms with van der Waals surface area (Å²) in [5, 5.41) is 45.5. The van der Waals surface area contributed by atoms with Gasteiger partial charge in [-0.25, -0.2) is 13.1 Å². The van der Waals surface area contributed by atoms with Crippen molar-refractivity contribution in [1.29, 1.82) is 0 Å². The Bertz CT molecular complexity index is 1510.